The van der Waals surface area contributed by atoms with Crippen LogP contribution in [0.3, 0.4) is 0 Å². The summed E-state index contributed by atoms with van der Waals surface area (Å²) < 4.78 is 37.0. The first-order valence-corrected chi connectivity index (χ1v) is 8.00. The van der Waals surface area contributed by atoms with Crippen molar-refractivity contribution in [3.8, 4) is 5.75 Å². The van der Waals surface area contributed by atoms with E-state index in [-0.39, 0.29) is 10.6 Å². The monoisotopic (exact) mass is 315 g/mol. The van der Waals surface area contributed by atoms with Gasteiger partial charge in [-0.3, -0.25) is 4.79 Å². The molecule has 0 aliphatic carbocycles. The largest absolute Gasteiger partial charge is 0.495 e. The van der Waals surface area contributed by atoms with Crippen molar-refractivity contribution in [3.05, 3.63) is 23.3 Å². The van der Waals surface area contributed by atoms with Crippen molar-refractivity contribution in [2.75, 3.05) is 14.2 Å². The van der Waals surface area contributed by atoms with Crippen LogP contribution in [0.4, 0.5) is 0 Å². The fraction of sp³-hybridized carbons (Fsp3) is 0.500. The molecule has 1 rings (SSSR count). The number of nitrogens with one attached hydrogen (secondary N) is 1. The second kappa shape index (κ2) is 6.91. The first kappa shape index (κ1) is 17.5. The van der Waals surface area contributed by atoms with E-state index in [2.05, 4.69) is 9.46 Å². The van der Waals surface area contributed by atoms with E-state index in [1.54, 1.807) is 13.0 Å². The molecule has 1 N–H and O–H groups in total. The van der Waals surface area contributed by atoms with E-state index < -0.39 is 22.0 Å². The van der Waals surface area contributed by atoms with Crippen molar-refractivity contribution < 1.29 is 22.7 Å². The van der Waals surface area contributed by atoms with Crippen LogP contribution >= 0.6 is 0 Å². The third-order valence-corrected chi connectivity index (χ3v) is 4.75. The third-order valence-electron chi connectivity index (χ3n) is 3.26. The predicted molar refractivity (Wildman–Crippen MR) is 78.9 cm³/mol. The predicted octanol–water partition coefficient (Wildman–Crippen LogP) is 1.54. The van der Waals surface area contributed by atoms with Gasteiger partial charge in [-0.05, 0) is 43.5 Å². The maximum absolute atomic E-state index is 12.5. The Morgan fingerprint density at radius 2 is 1.81 bits per heavy atom. The average Bonchev–Trinajstić information content (AvgIpc) is 2.46. The quantitative estimate of drug-likeness (QED) is 0.805. The number of hydrogen-bond donors (Lipinski definition) is 1. The Labute approximate surface area is 125 Å². The van der Waals surface area contributed by atoms with Gasteiger partial charge < -0.3 is 9.47 Å². The normalized spacial score (nSPS) is 12.8. The zero-order valence-electron chi connectivity index (χ0n) is 12.9. The topological polar surface area (TPSA) is 81.7 Å². The molecular weight excluding hydrogens is 294 g/mol. The standard InChI is InChI=1S/C14H21NO5S/c1-6-11(14(16)20-5)15-21(17,18)13-8-10(3)9(2)7-12(13)19-4/h7-8,11,15H,6H2,1-5H3. The van der Waals surface area contributed by atoms with E-state index in [9.17, 15) is 13.2 Å². The fourth-order valence-corrected chi connectivity index (χ4v) is 3.33. The van der Waals surface area contributed by atoms with Crippen LogP contribution in [-0.2, 0) is 19.6 Å². The van der Waals surface area contributed by atoms with Crippen LogP contribution in [0.15, 0.2) is 17.0 Å². The Kier molecular flexibility index (Phi) is 5.74. The van der Waals surface area contributed by atoms with Crippen molar-refractivity contribution in [3.63, 3.8) is 0 Å². The van der Waals surface area contributed by atoms with Gasteiger partial charge in [0.25, 0.3) is 0 Å². The van der Waals surface area contributed by atoms with E-state index in [0.29, 0.717) is 6.42 Å². The first-order chi connectivity index (χ1) is 9.76. The summed E-state index contributed by atoms with van der Waals surface area (Å²) in [6, 6.07) is 2.26. The van der Waals surface area contributed by atoms with Gasteiger partial charge in [0, 0.05) is 0 Å². The van der Waals surface area contributed by atoms with Gasteiger partial charge in [-0.1, -0.05) is 6.92 Å². The molecule has 0 amide bonds. The minimum absolute atomic E-state index is 0.00968. The molecule has 0 aromatic heterocycles. The highest BCUT2D eigenvalue weighted by Crippen LogP contribution is 2.27. The molecule has 1 aromatic rings. The third kappa shape index (κ3) is 3.95. The van der Waals surface area contributed by atoms with E-state index in [4.69, 9.17) is 4.74 Å². The number of hydrogen-bond acceptors (Lipinski definition) is 5. The highest BCUT2D eigenvalue weighted by Gasteiger charge is 2.27. The molecule has 0 fully saturated rings. The highest BCUT2D eigenvalue weighted by atomic mass is 32.2. The van der Waals surface area contributed by atoms with Crippen LogP contribution in [0.1, 0.15) is 24.5 Å². The molecule has 0 aliphatic heterocycles. The summed E-state index contributed by atoms with van der Waals surface area (Å²) in [5, 5.41) is 0. The summed E-state index contributed by atoms with van der Waals surface area (Å²) >= 11 is 0. The maximum Gasteiger partial charge on any atom is 0.323 e. The van der Waals surface area contributed by atoms with Gasteiger partial charge in [0.05, 0.1) is 14.2 Å². The van der Waals surface area contributed by atoms with Crippen molar-refractivity contribution in [2.24, 2.45) is 0 Å². The van der Waals surface area contributed by atoms with Gasteiger partial charge >= 0.3 is 5.97 Å². The van der Waals surface area contributed by atoms with Gasteiger partial charge in [-0.2, -0.15) is 4.72 Å². The van der Waals surface area contributed by atoms with Gasteiger partial charge in [0.15, 0.2) is 0 Å². The molecule has 1 atom stereocenters. The van der Waals surface area contributed by atoms with Crippen molar-refractivity contribution in [1.29, 1.82) is 0 Å². The number of sulfonamides is 1. The Morgan fingerprint density at radius 3 is 2.29 bits per heavy atom. The van der Waals surface area contributed by atoms with E-state index in [1.165, 1.54) is 20.3 Å². The van der Waals surface area contributed by atoms with Gasteiger partial charge in [0.2, 0.25) is 10.0 Å². The van der Waals surface area contributed by atoms with Crippen LogP contribution < -0.4 is 9.46 Å². The van der Waals surface area contributed by atoms with Crippen LogP contribution in [0, 0.1) is 13.8 Å². The Balaban J connectivity index is 3.24. The molecule has 0 bridgehead atoms. The summed E-state index contributed by atoms with van der Waals surface area (Å²) in [7, 11) is -1.26. The molecule has 7 heteroatoms. The molecule has 1 unspecified atom stereocenters. The lowest BCUT2D eigenvalue weighted by Crippen LogP contribution is -2.41. The number of aryl methyl sites for hydroxylation is 2. The van der Waals surface area contributed by atoms with Crippen LogP contribution in [-0.4, -0.2) is 34.6 Å². The highest BCUT2D eigenvalue weighted by molar-refractivity contribution is 7.89. The lowest BCUT2D eigenvalue weighted by atomic mass is 10.1. The van der Waals surface area contributed by atoms with E-state index >= 15 is 0 Å². The van der Waals surface area contributed by atoms with E-state index in [0.717, 1.165) is 11.1 Å². The molecular formula is C14H21NO5S. The summed E-state index contributed by atoms with van der Waals surface area (Å²) in [6.45, 7) is 5.37. The molecule has 1 aromatic carbocycles. The van der Waals surface area contributed by atoms with Gasteiger partial charge in [-0.25, -0.2) is 8.42 Å². The molecule has 0 saturated heterocycles. The minimum atomic E-state index is -3.88. The summed E-state index contributed by atoms with van der Waals surface area (Å²) in [4.78, 5) is 11.6. The Hall–Kier alpha value is -1.60. The van der Waals surface area contributed by atoms with Crippen molar-refractivity contribution in [2.45, 2.75) is 38.1 Å². The Morgan fingerprint density at radius 1 is 1.24 bits per heavy atom. The smallest absolute Gasteiger partial charge is 0.323 e. The molecule has 118 valence electrons. The summed E-state index contributed by atoms with van der Waals surface area (Å²) in [6.07, 6.45) is 0.291. The molecule has 0 heterocycles. The number of esters is 1. The molecule has 6 nitrogen and oxygen atoms in total. The van der Waals surface area contributed by atoms with Crippen molar-refractivity contribution in [1.82, 2.24) is 4.72 Å². The summed E-state index contributed by atoms with van der Waals surface area (Å²) in [5.41, 5.74) is 1.74. The molecule has 0 saturated carbocycles. The molecule has 21 heavy (non-hydrogen) atoms. The SMILES string of the molecule is CCC(NS(=O)(=O)c1cc(C)c(C)cc1OC)C(=O)OC. The lowest BCUT2D eigenvalue weighted by molar-refractivity contribution is -0.142. The van der Waals surface area contributed by atoms with Gasteiger partial charge in [-0.15, -0.1) is 0 Å². The maximum atomic E-state index is 12.5. The number of ether oxygens (including phenoxy) is 2. The number of methoxy groups -OCH3 is 2. The Bertz CT molecular complexity index is 624. The fourth-order valence-electron chi connectivity index (χ4n) is 1.82. The van der Waals surface area contributed by atoms with Crippen LogP contribution in [0.25, 0.3) is 0 Å². The molecule has 0 aliphatic rings. The van der Waals surface area contributed by atoms with Crippen LogP contribution in [0.5, 0.6) is 5.75 Å². The van der Waals surface area contributed by atoms with E-state index in [1.807, 2.05) is 13.8 Å². The zero-order valence-corrected chi connectivity index (χ0v) is 13.7. The average molecular weight is 315 g/mol. The number of carbonyl (C=O) groups is 1. The molecule has 0 spiro atoms. The second-order valence-corrected chi connectivity index (χ2v) is 6.38. The first-order valence-electron chi connectivity index (χ1n) is 6.52. The summed E-state index contributed by atoms with van der Waals surface area (Å²) in [5.74, 6) is -0.380. The number of rotatable bonds is 6. The number of carbonyl (C=O) groups excluding carboxylic acids is 1. The lowest BCUT2D eigenvalue weighted by Gasteiger charge is -2.17. The van der Waals surface area contributed by atoms with Crippen LogP contribution in [0.2, 0.25) is 0 Å². The van der Waals surface area contributed by atoms with Gasteiger partial charge in [0.1, 0.15) is 16.7 Å². The second-order valence-electron chi connectivity index (χ2n) is 4.69. The molecule has 0 radical (unpaired) electrons. The van der Waals surface area contributed by atoms with Crippen molar-refractivity contribution >= 4 is 16.0 Å². The minimum Gasteiger partial charge on any atom is -0.495 e. The number of benzene rings is 1. The zero-order chi connectivity index (χ0) is 16.2.